The van der Waals surface area contributed by atoms with Crippen molar-refractivity contribution >= 4 is 25.7 Å². The molecule has 0 rings (SSSR count). The van der Waals surface area contributed by atoms with E-state index in [0.29, 0.717) is 19.3 Å². The van der Waals surface area contributed by atoms with E-state index in [2.05, 4.69) is 130 Å². The van der Waals surface area contributed by atoms with Gasteiger partial charge in [0.2, 0.25) is 0 Å². The molecule has 78 heavy (non-hydrogen) atoms. The van der Waals surface area contributed by atoms with Crippen molar-refractivity contribution in [1.82, 2.24) is 0 Å². The van der Waals surface area contributed by atoms with E-state index >= 15 is 0 Å². The van der Waals surface area contributed by atoms with Crippen LogP contribution in [0.25, 0.3) is 0 Å². The number of aliphatic hydroxyl groups excluding tert-OH is 1. The molecule has 11 nitrogen and oxygen atoms in total. The Labute approximate surface area is 475 Å². The van der Waals surface area contributed by atoms with Crippen molar-refractivity contribution in [2.75, 3.05) is 26.4 Å². The predicted octanol–water partition coefficient (Wildman–Crippen LogP) is 18.6. The third-order valence-corrected chi connectivity index (χ3v) is 13.6. The largest absolute Gasteiger partial charge is 0.472 e. The Bertz CT molecular complexity index is 1720. The zero-order chi connectivity index (χ0) is 56.9. The van der Waals surface area contributed by atoms with E-state index in [1.54, 1.807) is 0 Å². The maximum Gasteiger partial charge on any atom is 0.472 e. The number of allylic oxidation sites excluding steroid dienone is 18. The van der Waals surface area contributed by atoms with Gasteiger partial charge in [-0.1, -0.05) is 239 Å². The summed E-state index contributed by atoms with van der Waals surface area (Å²) in [4.78, 5) is 48.7. The van der Waals surface area contributed by atoms with Crippen LogP contribution >= 0.6 is 7.82 Å². The van der Waals surface area contributed by atoms with Crippen LogP contribution in [0.2, 0.25) is 0 Å². The predicted molar refractivity (Wildman–Crippen MR) is 325 cm³/mol. The Morgan fingerprint density at radius 3 is 1.04 bits per heavy atom. The Morgan fingerprint density at radius 1 is 0.372 bits per heavy atom. The van der Waals surface area contributed by atoms with Crippen molar-refractivity contribution in [3.05, 3.63) is 109 Å². The van der Waals surface area contributed by atoms with Crippen molar-refractivity contribution in [1.29, 1.82) is 0 Å². The molecule has 0 heterocycles. The van der Waals surface area contributed by atoms with E-state index in [1.807, 2.05) is 0 Å². The fourth-order valence-corrected chi connectivity index (χ4v) is 8.86. The van der Waals surface area contributed by atoms with Gasteiger partial charge in [0.1, 0.15) is 12.7 Å². The lowest BCUT2D eigenvalue weighted by Gasteiger charge is -2.21. The van der Waals surface area contributed by atoms with E-state index < -0.39 is 57.8 Å². The summed E-state index contributed by atoms with van der Waals surface area (Å²) in [6.45, 7) is 4.37. The minimum atomic E-state index is -4.77. The van der Waals surface area contributed by atoms with Crippen LogP contribution < -0.4 is 0 Å². The number of ether oxygens (including phenoxy) is 3. The fourth-order valence-electron chi connectivity index (χ4n) is 8.08. The quantitative estimate of drug-likeness (QED) is 0.0197. The maximum atomic E-state index is 12.9. The van der Waals surface area contributed by atoms with Gasteiger partial charge in [0.25, 0.3) is 0 Å². The molecule has 0 saturated heterocycles. The summed E-state index contributed by atoms with van der Waals surface area (Å²) >= 11 is 0. The SMILES string of the molecule is CC/C=C\C/C=C\C/C=C\C/C=C\C/C=C\CCCCCC(=O)OC(COC(=O)CCCCCCCC/C=C\C/C=C\C/C=C\C/C=C\CC)COP(=O)(O)OCC(CO)OC(=O)CCCCCCCCCCCCCCC. The molecule has 0 amide bonds. The first-order valence-corrected chi connectivity index (χ1v) is 32.3. The van der Waals surface area contributed by atoms with Gasteiger partial charge in [-0.15, -0.1) is 0 Å². The van der Waals surface area contributed by atoms with Gasteiger partial charge < -0.3 is 24.2 Å². The highest BCUT2D eigenvalue weighted by atomic mass is 31.2. The Hall–Kier alpha value is -3.86. The number of carbonyl (C=O) groups excluding carboxylic acids is 3. The van der Waals surface area contributed by atoms with Gasteiger partial charge in [-0.2, -0.15) is 0 Å². The summed E-state index contributed by atoms with van der Waals surface area (Å²) < 4.78 is 39.6. The number of hydrogen-bond donors (Lipinski definition) is 2. The normalized spacial score (nSPS) is 14.1. The molecule has 0 spiro atoms. The lowest BCUT2D eigenvalue weighted by molar-refractivity contribution is -0.161. The molecule has 3 unspecified atom stereocenters. The number of hydrogen-bond acceptors (Lipinski definition) is 10. The maximum absolute atomic E-state index is 12.9. The minimum absolute atomic E-state index is 0.121. The molecular formula is C66H111O11P. The van der Waals surface area contributed by atoms with Gasteiger partial charge in [0.15, 0.2) is 6.10 Å². The summed E-state index contributed by atoms with van der Waals surface area (Å²) in [5, 5.41) is 9.83. The first kappa shape index (κ1) is 74.1. The molecule has 0 saturated carbocycles. The highest BCUT2D eigenvalue weighted by molar-refractivity contribution is 7.47. The van der Waals surface area contributed by atoms with Crippen molar-refractivity contribution in [3.63, 3.8) is 0 Å². The van der Waals surface area contributed by atoms with Crippen LogP contribution in [0.15, 0.2) is 109 Å². The van der Waals surface area contributed by atoms with Crippen LogP contribution in [0.5, 0.6) is 0 Å². The van der Waals surface area contributed by atoms with E-state index in [9.17, 15) is 28.9 Å². The monoisotopic (exact) mass is 1110 g/mol. The van der Waals surface area contributed by atoms with Gasteiger partial charge in [-0.25, -0.2) is 4.57 Å². The summed E-state index contributed by atoms with van der Waals surface area (Å²) in [7, 11) is -4.77. The summed E-state index contributed by atoms with van der Waals surface area (Å²) in [5.74, 6) is -1.52. The number of phosphoric acid groups is 1. The van der Waals surface area contributed by atoms with E-state index in [0.717, 1.165) is 135 Å². The highest BCUT2D eigenvalue weighted by Crippen LogP contribution is 2.43. The molecule has 0 bridgehead atoms. The molecule has 0 radical (unpaired) electrons. The topological polar surface area (TPSA) is 155 Å². The molecule has 0 aromatic heterocycles. The summed E-state index contributed by atoms with van der Waals surface area (Å²) in [6, 6.07) is 0. The second kappa shape index (κ2) is 59.3. The number of phosphoric ester groups is 1. The number of unbranched alkanes of at least 4 members (excludes halogenated alkanes) is 21. The zero-order valence-corrected chi connectivity index (χ0v) is 50.2. The molecule has 12 heteroatoms. The molecule has 2 N–H and O–H groups in total. The van der Waals surface area contributed by atoms with E-state index in [4.69, 9.17) is 23.3 Å². The van der Waals surface area contributed by atoms with Crippen LogP contribution in [-0.4, -0.2) is 66.5 Å². The van der Waals surface area contributed by atoms with Crippen molar-refractivity contribution < 1.29 is 52.2 Å². The third kappa shape index (κ3) is 56.8. The Morgan fingerprint density at radius 2 is 0.667 bits per heavy atom. The van der Waals surface area contributed by atoms with Crippen molar-refractivity contribution in [2.45, 2.75) is 264 Å². The number of aliphatic hydroxyl groups is 1. The standard InChI is InChI=1S/C66H111O11P/c1-4-7-10-13-16-19-22-25-27-29-31-33-35-38-40-43-46-49-52-55-64(68)73-59-63(77-66(70)57-54-51-48-45-42-39-36-34-32-30-28-26-23-20-17-14-11-8-5-2)61-75-78(71,72)74-60-62(58-67)76-65(69)56-53-50-47-44-41-37-24-21-18-15-12-9-6-3/h7-8,10-11,16-17,19-20,25-28,31-34,39,42,62-63,67H,4-6,9,12-15,18,21-24,29-30,35-38,40-41,43-61H2,1-3H3,(H,71,72)/b10-7-,11-8-,19-16-,20-17-,27-25-,28-26-,33-31-,34-32-,42-39-. The lowest BCUT2D eigenvalue weighted by atomic mass is 10.0. The molecule has 0 aliphatic heterocycles. The third-order valence-electron chi connectivity index (χ3n) is 12.7. The van der Waals surface area contributed by atoms with Crippen LogP contribution in [-0.2, 0) is 42.2 Å². The van der Waals surface area contributed by atoms with Crippen LogP contribution in [0.4, 0.5) is 0 Å². The van der Waals surface area contributed by atoms with Gasteiger partial charge in [0.05, 0.1) is 19.8 Å². The van der Waals surface area contributed by atoms with Gasteiger partial charge >= 0.3 is 25.7 Å². The van der Waals surface area contributed by atoms with E-state index in [-0.39, 0.29) is 25.9 Å². The molecule has 0 fully saturated rings. The van der Waals surface area contributed by atoms with Crippen LogP contribution in [0.3, 0.4) is 0 Å². The van der Waals surface area contributed by atoms with Crippen molar-refractivity contribution in [3.8, 4) is 0 Å². The zero-order valence-electron chi connectivity index (χ0n) is 49.3. The van der Waals surface area contributed by atoms with Crippen molar-refractivity contribution in [2.24, 2.45) is 0 Å². The Kier molecular flexibility index (Phi) is 56.3. The summed E-state index contributed by atoms with van der Waals surface area (Å²) in [6.07, 6.45) is 71.8. The number of rotatable bonds is 56. The van der Waals surface area contributed by atoms with Gasteiger partial charge in [-0.05, 0) is 103 Å². The van der Waals surface area contributed by atoms with Crippen LogP contribution in [0.1, 0.15) is 252 Å². The highest BCUT2D eigenvalue weighted by Gasteiger charge is 2.28. The summed E-state index contributed by atoms with van der Waals surface area (Å²) in [5.41, 5.74) is 0. The van der Waals surface area contributed by atoms with E-state index in [1.165, 1.54) is 57.8 Å². The second-order valence-corrected chi connectivity index (χ2v) is 21.6. The van der Waals surface area contributed by atoms with Gasteiger partial charge in [-0.3, -0.25) is 23.4 Å². The first-order chi connectivity index (χ1) is 38.2. The van der Waals surface area contributed by atoms with Crippen LogP contribution in [0, 0.1) is 0 Å². The molecule has 3 atom stereocenters. The smallest absolute Gasteiger partial charge is 0.462 e. The molecular weight excluding hydrogens is 1000 g/mol. The number of esters is 3. The molecule has 0 aliphatic rings. The average Bonchev–Trinajstić information content (AvgIpc) is 3.43. The molecule has 0 aromatic carbocycles. The molecule has 446 valence electrons. The minimum Gasteiger partial charge on any atom is -0.462 e. The number of carbonyl (C=O) groups is 3. The second-order valence-electron chi connectivity index (χ2n) is 20.1. The average molecular weight is 1110 g/mol. The molecule has 0 aliphatic carbocycles. The molecule has 0 aromatic rings. The van der Waals surface area contributed by atoms with Gasteiger partial charge in [0, 0.05) is 19.3 Å². The fraction of sp³-hybridized carbons (Fsp3) is 0.682. The first-order valence-electron chi connectivity index (χ1n) is 30.8. The lowest BCUT2D eigenvalue weighted by Crippen LogP contribution is -2.30. The Balaban J connectivity index is 4.81.